The summed E-state index contributed by atoms with van der Waals surface area (Å²) in [4.78, 5) is 13.2. The van der Waals surface area contributed by atoms with Gasteiger partial charge in [0.2, 0.25) is 0 Å². The lowest BCUT2D eigenvalue weighted by molar-refractivity contribution is -0.140. The van der Waals surface area contributed by atoms with Crippen molar-refractivity contribution in [3.05, 3.63) is 0 Å². The van der Waals surface area contributed by atoms with Gasteiger partial charge in [-0.15, -0.1) is 24.8 Å². The number of piperidine rings is 1. The number of rotatable bonds is 2. The van der Waals surface area contributed by atoms with Crippen LogP contribution >= 0.6 is 24.8 Å². The Labute approximate surface area is 108 Å². The zero-order chi connectivity index (χ0) is 10.3. The number of hydrogen-bond donors (Lipinski definition) is 2. The molecule has 6 heteroatoms. The van der Waals surface area contributed by atoms with Crippen LogP contribution in [0.5, 0.6) is 0 Å². The largest absolute Gasteiger partial charge is 0.480 e. The Balaban J connectivity index is 0.00000112. The van der Waals surface area contributed by atoms with E-state index in [1.54, 1.807) is 0 Å². The number of carboxylic acids is 1. The number of aliphatic carboxylic acids is 1. The highest BCUT2D eigenvalue weighted by Crippen LogP contribution is 2.38. The number of nitrogens with zero attached hydrogens (tertiary/aromatic N) is 1. The summed E-state index contributed by atoms with van der Waals surface area (Å²) in [6, 6.07) is 0.486. The highest BCUT2D eigenvalue weighted by Gasteiger charge is 2.41. The van der Waals surface area contributed by atoms with Crippen LogP contribution in [0.4, 0.5) is 0 Å². The van der Waals surface area contributed by atoms with Gasteiger partial charge in [-0.1, -0.05) is 0 Å². The summed E-state index contributed by atoms with van der Waals surface area (Å²) in [5.74, 6) is -0.667. The Morgan fingerprint density at radius 2 is 1.75 bits per heavy atom. The molecule has 3 N–H and O–H groups in total. The van der Waals surface area contributed by atoms with Gasteiger partial charge < -0.3 is 15.7 Å². The molecule has 0 radical (unpaired) electrons. The van der Waals surface area contributed by atoms with Crippen LogP contribution in [-0.2, 0) is 4.79 Å². The molecule has 0 aliphatic carbocycles. The van der Waals surface area contributed by atoms with E-state index in [2.05, 4.69) is 11.9 Å². The van der Waals surface area contributed by atoms with Crippen LogP contribution in [0, 0.1) is 5.92 Å². The maximum absolute atomic E-state index is 10.8. The number of nitrogens with two attached hydrogens (primary N) is 1. The number of carbonyl (C=O) groups is 1. The predicted molar refractivity (Wildman–Crippen MR) is 67.4 cm³/mol. The average molecular weight is 271 g/mol. The van der Waals surface area contributed by atoms with Crippen LogP contribution in [0.3, 0.4) is 0 Å². The highest BCUT2D eigenvalue weighted by molar-refractivity contribution is 5.85. The quantitative estimate of drug-likeness (QED) is 0.789. The zero-order valence-electron chi connectivity index (χ0n) is 9.33. The molecule has 3 atom stereocenters. The van der Waals surface area contributed by atoms with E-state index in [1.165, 1.54) is 12.8 Å². The molecule has 0 aromatic heterocycles. The fourth-order valence-corrected chi connectivity index (χ4v) is 2.95. The molecule has 2 saturated heterocycles. The molecule has 4 nitrogen and oxygen atoms in total. The molecule has 2 heterocycles. The normalized spacial score (nSPS) is 34.8. The molecule has 16 heavy (non-hydrogen) atoms. The second-order valence-electron chi connectivity index (χ2n) is 4.65. The zero-order valence-corrected chi connectivity index (χ0v) is 11.0. The van der Waals surface area contributed by atoms with E-state index in [0.717, 1.165) is 12.8 Å². The van der Waals surface area contributed by atoms with Crippen molar-refractivity contribution in [3.63, 3.8) is 0 Å². The van der Waals surface area contributed by atoms with Gasteiger partial charge in [0.25, 0.3) is 0 Å². The number of halogens is 2. The standard InChI is InChI=1S/C10H18N2O2.2ClH/c1-12-7-2-3-8(12)5-6(4-7)9(11)10(13)14;;/h6-9H,2-5,11H2,1H3,(H,13,14);2*1H/t6?,7?,8?,9-;;/m0../s1. The van der Waals surface area contributed by atoms with Gasteiger partial charge in [0.05, 0.1) is 0 Å². The molecule has 0 aromatic rings. The third-order valence-electron chi connectivity index (χ3n) is 3.93. The Morgan fingerprint density at radius 1 is 1.31 bits per heavy atom. The van der Waals surface area contributed by atoms with E-state index in [-0.39, 0.29) is 30.7 Å². The Kier molecular flexibility index (Phi) is 6.04. The molecule has 0 amide bonds. The average Bonchev–Trinajstić information content (AvgIpc) is 2.42. The number of fused-ring (bicyclic) bond motifs is 2. The molecule has 0 spiro atoms. The molecule has 0 saturated carbocycles. The fraction of sp³-hybridized carbons (Fsp3) is 0.900. The summed E-state index contributed by atoms with van der Waals surface area (Å²) < 4.78 is 0. The SMILES string of the molecule is CN1C2CCC1CC([C@H](N)C(=O)O)C2.Cl.Cl. The van der Waals surface area contributed by atoms with E-state index in [0.29, 0.717) is 12.1 Å². The van der Waals surface area contributed by atoms with Crippen LogP contribution in [0.2, 0.25) is 0 Å². The molecule has 2 aliphatic rings. The van der Waals surface area contributed by atoms with E-state index < -0.39 is 12.0 Å². The van der Waals surface area contributed by atoms with Crippen LogP contribution in [0.1, 0.15) is 25.7 Å². The summed E-state index contributed by atoms with van der Waals surface area (Å²) in [5, 5.41) is 8.85. The first-order chi connectivity index (χ1) is 6.59. The number of carboxylic acid groups (broad SMARTS) is 1. The van der Waals surface area contributed by atoms with Crippen molar-refractivity contribution >= 4 is 30.8 Å². The van der Waals surface area contributed by atoms with Gasteiger partial charge in [-0.25, -0.2) is 0 Å². The van der Waals surface area contributed by atoms with Crippen molar-refractivity contribution in [3.8, 4) is 0 Å². The summed E-state index contributed by atoms with van der Waals surface area (Å²) in [7, 11) is 2.14. The minimum atomic E-state index is -0.848. The lowest BCUT2D eigenvalue weighted by atomic mass is 9.85. The topological polar surface area (TPSA) is 66.6 Å². The molecule has 2 rings (SSSR count). The summed E-state index contributed by atoms with van der Waals surface area (Å²) in [5.41, 5.74) is 5.67. The summed E-state index contributed by atoms with van der Waals surface area (Å²) in [6.45, 7) is 0. The van der Waals surface area contributed by atoms with E-state index in [9.17, 15) is 4.79 Å². The van der Waals surface area contributed by atoms with Crippen LogP contribution in [-0.4, -0.2) is 41.1 Å². The van der Waals surface area contributed by atoms with E-state index in [1.807, 2.05) is 0 Å². The van der Waals surface area contributed by atoms with Crippen molar-refractivity contribution in [2.75, 3.05) is 7.05 Å². The highest BCUT2D eigenvalue weighted by atomic mass is 35.5. The maximum Gasteiger partial charge on any atom is 0.320 e. The Hall–Kier alpha value is -0.0300. The third-order valence-corrected chi connectivity index (χ3v) is 3.93. The molecular weight excluding hydrogens is 251 g/mol. The van der Waals surface area contributed by atoms with Crippen LogP contribution in [0.25, 0.3) is 0 Å². The van der Waals surface area contributed by atoms with Crippen molar-refractivity contribution in [1.82, 2.24) is 4.90 Å². The van der Waals surface area contributed by atoms with Gasteiger partial charge in [0.15, 0.2) is 0 Å². The molecule has 0 aromatic carbocycles. The molecular formula is C10H20Cl2N2O2. The van der Waals surface area contributed by atoms with Gasteiger partial charge in [-0.05, 0) is 38.6 Å². The van der Waals surface area contributed by atoms with Crippen molar-refractivity contribution in [1.29, 1.82) is 0 Å². The van der Waals surface area contributed by atoms with E-state index in [4.69, 9.17) is 10.8 Å². The smallest absolute Gasteiger partial charge is 0.320 e. The summed E-state index contributed by atoms with van der Waals surface area (Å²) >= 11 is 0. The predicted octanol–water partition coefficient (Wildman–Crippen LogP) is 1.11. The lowest BCUT2D eigenvalue weighted by Crippen LogP contribution is -2.48. The first-order valence-electron chi connectivity index (χ1n) is 5.30. The van der Waals surface area contributed by atoms with Crippen molar-refractivity contribution in [2.45, 2.75) is 43.8 Å². The molecule has 96 valence electrons. The molecule has 2 fully saturated rings. The minimum Gasteiger partial charge on any atom is -0.480 e. The number of hydrogen-bond acceptors (Lipinski definition) is 3. The van der Waals surface area contributed by atoms with Gasteiger partial charge in [0.1, 0.15) is 6.04 Å². The lowest BCUT2D eigenvalue weighted by Gasteiger charge is -2.37. The van der Waals surface area contributed by atoms with Gasteiger partial charge >= 0.3 is 5.97 Å². The molecule has 2 bridgehead atoms. The van der Waals surface area contributed by atoms with E-state index >= 15 is 0 Å². The van der Waals surface area contributed by atoms with Crippen LogP contribution in [0.15, 0.2) is 0 Å². The second kappa shape index (κ2) is 6.05. The van der Waals surface area contributed by atoms with Gasteiger partial charge in [-0.2, -0.15) is 0 Å². The summed E-state index contributed by atoms with van der Waals surface area (Å²) in [6.07, 6.45) is 4.34. The maximum atomic E-state index is 10.8. The van der Waals surface area contributed by atoms with Crippen molar-refractivity contribution in [2.24, 2.45) is 11.7 Å². The van der Waals surface area contributed by atoms with Crippen molar-refractivity contribution < 1.29 is 9.90 Å². The molecule has 2 unspecified atom stereocenters. The van der Waals surface area contributed by atoms with Crippen LogP contribution < -0.4 is 5.73 Å². The minimum absolute atomic E-state index is 0. The monoisotopic (exact) mass is 270 g/mol. The fourth-order valence-electron chi connectivity index (χ4n) is 2.95. The third kappa shape index (κ3) is 2.80. The van der Waals surface area contributed by atoms with Gasteiger partial charge in [-0.3, -0.25) is 4.79 Å². The second-order valence-corrected chi connectivity index (χ2v) is 4.65. The first kappa shape index (κ1) is 16.0. The Bertz CT molecular complexity index is 239. The first-order valence-corrected chi connectivity index (χ1v) is 5.30. The Morgan fingerprint density at radius 3 is 2.12 bits per heavy atom. The van der Waals surface area contributed by atoms with Gasteiger partial charge in [0, 0.05) is 12.1 Å². The molecule has 2 aliphatic heterocycles.